The number of aromatic hydroxyl groups is 2. The molecule has 94 valence electrons. The van der Waals surface area contributed by atoms with Crippen LogP contribution in [0.15, 0.2) is 18.2 Å². The van der Waals surface area contributed by atoms with E-state index in [0.717, 1.165) is 40.4 Å². The van der Waals surface area contributed by atoms with Crippen LogP contribution in [0.1, 0.15) is 29.5 Å². The first-order valence-corrected chi connectivity index (χ1v) is 6.67. The number of aryl methyl sites for hydroxylation is 1. The molecule has 1 aromatic carbocycles. The number of aliphatic hydroxyl groups is 1. The van der Waals surface area contributed by atoms with Gasteiger partial charge in [0, 0.05) is 10.4 Å². The Bertz CT molecular complexity index is 594. The lowest BCUT2D eigenvalue weighted by Gasteiger charge is -2.14. The largest absolute Gasteiger partial charge is 0.504 e. The van der Waals surface area contributed by atoms with Gasteiger partial charge >= 0.3 is 0 Å². The van der Waals surface area contributed by atoms with Gasteiger partial charge in [-0.15, -0.1) is 11.3 Å². The van der Waals surface area contributed by atoms with Gasteiger partial charge in [-0.25, -0.2) is 4.98 Å². The standard InChI is InChI=1S/C13H13NO3S/c15-8-5-4-7(6-10(8)17)13-14-12-9(16)2-1-3-11(12)18-13/h4-6,9,15-17H,1-3H2. The second-order valence-corrected chi connectivity index (χ2v) is 5.52. The molecule has 3 rings (SSSR count). The van der Waals surface area contributed by atoms with Crippen molar-refractivity contribution in [2.75, 3.05) is 0 Å². The molecule has 0 amide bonds. The lowest BCUT2D eigenvalue weighted by molar-refractivity contribution is 0.153. The number of hydrogen-bond donors (Lipinski definition) is 3. The van der Waals surface area contributed by atoms with Crippen LogP contribution in [0, 0.1) is 0 Å². The summed E-state index contributed by atoms with van der Waals surface area (Å²) in [6.07, 6.45) is 2.23. The fourth-order valence-electron chi connectivity index (χ4n) is 2.18. The van der Waals surface area contributed by atoms with Crippen LogP contribution in [-0.2, 0) is 6.42 Å². The summed E-state index contributed by atoms with van der Waals surface area (Å²) in [6, 6.07) is 4.65. The zero-order chi connectivity index (χ0) is 12.7. The van der Waals surface area contributed by atoms with E-state index in [1.54, 1.807) is 17.4 Å². The Morgan fingerprint density at radius 2 is 2.06 bits per heavy atom. The first-order chi connectivity index (χ1) is 8.65. The van der Waals surface area contributed by atoms with Crippen molar-refractivity contribution < 1.29 is 15.3 Å². The average molecular weight is 263 g/mol. The minimum Gasteiger partial charge on any atom is -0.504 e. The molecule has 1 aliphatic carbocycles. The Hall–Kier alpha value is -1.59. The van der Waals surface area contributed by atoms with Crippen LogP contribution in [0.5, 0.6) is 11.5 Å². The van der Waals surface area contributed by atoms with Crippen molar-refractivity contribution >= 4 is 11.3 Å². The van der Waals surface area contributed by atoms with Crippen molar-refractivity contribution in [3.8, 4) is 22.1 Å². The smallest absolute Gasteiger partial charge is 0.158 e. The molecule has 0 aliphatic heterocycles. The van der Waals surface area contributed by atoms with Gasteiger partial charge in [-0.05, 0) is 37.5 Å². The Kier molecular flexibility index (Phi) is 2.72. The van der Waals surface area contributed by atoms with Crippen molar-refractivity contribution in [3.63, 3.8) is 0 Å². The normalized spacial score (nSPS) is 18.6. The summed E-state index contributed by atoms with van der Waals surface area (Å²) in [5.41, 5.74) is 1.53. The summed E-state index contributed by atoms with van der Waals surface area (Å²) in [7, 11) is 0. The molecule has 4 nitrogen and oxygen atoms in total. The number of aliphatic hydroxyl groups excluding tert-OH is 1. The van der Waals surface area contributed by atoms with E-state index in [1.807, 2.05) is 0 Å². The highest BCUT2D eigenvalue weighted by Crippen LogP contribution is 2.38. The van der Waals surface area contributed by atoms with E-state index >= 15 is 0 Å². The topological polar surface area (TPSA) is 73.6 Å². The molecule has 1 heterocycles. The Labute approximate surface area is 108 Å². The maximum atomic E-state index is 9.88. The summed E-state index contributed by atoms with van der Waals surface area (Å²) in [5.74, 6) is -0.290. The SMILES string of the molecule is Oc1ccc(-c2nc3c(s2)CCCC3O)cc1O. The van der Waals surface area contributed by atoms with Gasteiger partial charge in [-0.1, -0.05) is 0 Å². The summed E-state index contributed by atoms with van der Waals surface area (Å²) >= 11 is 1.54. The summed E-state index contributed by atoms with van der Waals surface area (Å²) in [6.45, 7) is 0. The molecule has 0 spiro atoms. The molecule has 1 atom stereocenters. The average Bonchev–Trinajstić information content (AvgIpc) is 2.78. The number of benzene rings is 1. The monoisotopic (exact) mass is 263 g/mol. The molecule has 18 heavy (non-hydrogen) atoms. The van der Waals surface area contributed by atoms with Crippen LogP contribution in [0.2, 0.25) is 0 Å². The van der Waals surface area contributed by atoms with Gasteiger partial charge in [0.05, 0.1) is 11.8 Å². The predicted molar refractivity (Wildman–Crippen MR) is 68.8 cm³/mol. The van der Waals surface area contributed by atoms with Gasteiger partial charge in [0.15, 0.2) is 11.5 Å². The van der Waals surface area contributed by atoms with Crippen molar-refractivity contribution in [3.05, 3.63) is 28.8 Å². The lowest BCUT2D eigenvalue weighted by Crippen LogP contribution is -2.07. The van der Waals surface area contributed by atoms with Crippen LogP contribution in [0.4, 0.5) is 0 Å². The van der Waals surface area contributed by atoms with Crippen molar-refractivity contribution in [2.24, 2.45) is 0 Å². The second-order valence-electron chi connectivity index (χ2n) is 4.44. The van der Waals surface area contributed by atoms with Gasteiger partial charge < -0.3 is 15.3 Å². The van der Waals surface area contributed by atoms with Crippen LogP contribution in [0.25, 0.3) is 10.6 Å². The number of phenolic OH excluding ortho intramolecular Hbond substituents is 2. The summed E-state index contributed by atoms with van der Waals surface area (Å²) in [4.78, 5) is 5.57. The zero-order valence-electron chi connectivity index (χ0n) is 9.63. The molecule has 2 aromatic rings. The van der Waals surface area contributed by atoms with Gasteiger partial charge in [-0.3, -0.25) is 0 Å². The van der Waals surface area contributed by atoms with Crippen LogP contribution in [0.3, 0.4) is 0 Å². The number of fused-ring (bicyclic) bond motifs is 1. The van der Waals surface area contributed by atoms with E-state index in [0.29, 0.717) is 0 Å². The second kappa shape index (κ2) is 4.26. The highest BCUT2D eigenvalue weighted by atomic mass is 32.1. The minimum atomic E-state index is -0.468. The van der Waals surface area contributed by atoms with Gasteiger partial charge in [-0.2, -0.15) is 0 Å². The highest BCUT2D eigenvalue weighted by molar-refractivity contribution is 7.15. The third-order valence-electron chi connectivity index (χ3n) is 3.15. The molecule has 1 aliphatic rings. The van der Waals surface area contributed by atoms with Crippen LogP contribution < -0.4 is 0 Å². The molecule has 3 N–H and O–H groups in total. The van der Waals surface area contributed by atoms with Crippen molar-refractivity contribution in [1.29, 1.82) is 0 Å². The van der Waals surface area contributed by atoms with E-state index < -0.39 is 6.10 Å². The number of hydrogen-bond acceptors (Lipinski definition) is 5. The highest BCUT2D eigenvalue weighted by Gasteiger charge is 2.23. The maximum absolute atomic E-state index is 9.88. The van der Waals surface area contributed by atoms with E-state index in [4.69, 9.17) is 0 Å². The first-order valence-electron chi connectivity index (χ1n) is 5.85. The zero-order valence-corrected chi connectivity index (χ0v) is 10.4. The lowest BCUT2D eigenvalue weighted by atomic mass is 10.0. The number of thiazole rings is 1. The quantitative estimate of drug-likeness (QED) is 0.691. The number of rotatable bonds is 1. The molecule has 0 bridgehead atoms. The van der Waals surface area contributed by atoms with E-state index in [1.165, 1.54) is 12.1 Å². The van der Waals surface area contributed by atoms with E-state index in [-0.39, 0.29) is 11.5 Å². The van der Waals surface area contributed by atoms with Crippen molar-refractivity contribution in [2.45, 2.75) is 25.4 Å². The molecule has 1 aromatic heterocycles. The molecular weight excluding hydrogens is 250 g/mol. The molecular formula is C13H13NO3S. The van der Waals surface area contributed by atoms with Crippen molar-refractivity contribution in [1.82, 2.24) is 4.98 Å². The molecule has 0 radical (unpaired) electrons. The summed E-state index contributed by atoms with van der Waals surface area (Å²) in [5, 5.41) is 29.4. The fraction of sp³-hybridized carbons (Fsp3) is 0.308. The fourth-order valence-corrected chi connectivity index (χ4v) is 3.33. The predicted octanol–water partition coefficient (Wildman–Crippen LogP) is 2.59. The number of aromatic nitrogens is 1. The Balaban J connectivity index is 2.04. The Morgan fingerprint density at radius 3 is 2.78 bits per heavy atom. The minimum absolute atomic E-state index is 0.139. The van der Waals surface area contributed by atoms with Crippen LogP contribution in [-0.4, -0.2) is 20.3 Å². The van der Waals surface area contributed by atoms with Gasteiger partial charge in [0.25, 0.3) is 0 Å². The molecule has 0 saturated carbocycles. The Morgan fingerprint density at radius 1 is 1.22 bits per heavy atom. The molecule has 5 heteroatoms. The number of phenols is 2. The van der Waals surface area contributed by atoms with Gasteiger partial charge in [0.2, 0.25) is 0 Å². The van der Waals surface area contributed by atoms with E-state index in [2.05, 4.69) is 4.98 Å². The third-order valence-corrected chi connectivity index (χ3v) is 4.33. The third kappa shape index (κ3) is 1.85. The van der Waals surface area contributed by atoms with Gasteiger partial charge in [0.1, 0.15) is 5.01 Å². The molecule has 1 unspecified atom stereocenters. The maximum Gasteiger partial charge on any atom is 0.158 e. The van der Waals surface area contributed by atoms with E-state index in [9.17, 15) is 15.3 Å². The molecule has 0 fully saturated rings. The molecule has 0 saturated heterocycles. The number of nitrogens with zero attached hydrogens (tertiary/aromatic N) is 1. The first kappa shape index (κ1) is 11.5. The van der Waals surface area contributed by atoms with Crippen LogP contribution >= 0.6 is 11.3 Å². The summed E-state index contributed by atoms with van der Waals surface area (Å²) < 4.78 is 0.